The summed E-state index contributed by atoms with van der Waals surface area (Å²) in [7, 11) is 0. The molecule has 112 valence electrons. The lowest BCUT2D eigenvalue weighted by Crippen LogP contribution is -2.21. The Morgan fingerprint density at radius 1 is 1.10 bits per heavy atom. The number of pyridine rings is 1. The second kappa shape index (κ2) is 7.64. The van der Waals surface area contributed by atoms with Gasteiger partial charge in [-0.3, -0.25) is 0 Å². The van der Waals surface area contributed by atoms with E-state index in [0.29, 0.717) is 24.3 Å². The molecule has 0 unspecified atom stereocenters. The number of nitrogens with one attached hydrogen (secondary N) is 1. The van der Waals surface area contributed by atoms with Gasteiger partial charge in [-0.2, -0.15) is 0 Å². The van der Waals surface area contributed by atoms with Crippen molar-refractivity contribution in [3.8, 4) is 17.4 Å². The first-order valence-corrected chi connectivity index (χ1v) is 7.27. The summed E-state index contributed by atoms with van der Waals surface area (Å²) in [4.78, 5) is 4.34. The second-order valence-electron chi connectivity index (χ2n) is 5.02. The van der Waals surface area contributed by atoms with Gasteiger partial charge in [-0.05, 0) is 24.6 Å². The van der Waals surface area contributed by atoms with Crippen LogP contribution in [0.3, 0.4) is 0 Å². The Kier molecular flexibility index (Phi) is 5.58. The molecule has 0 spiro atoms. The average molecular weight is 286 g/mol. The van der Waals surface area contributed by atoms with Crippen molar-refractivity contribution in [3.63, 3.8) is 0 Å². The van der Waals surface area contributed by atoms with E-state index >= 15 is 0 Å². The van der Waals surface area contributed by atoms with Gasteiger partial charge in [0.2, 0.25) is 5.88 Å². The van der Waals surface area contributed by atoms with Gasteiger partial charge in [-0.15, -0.1) is 0 Å². The fourth-order valence-electron chi connectivity index (χ4n) is 1.82. The zero-order chi connectivity index (χ0) is 15.1. The van der Waals surface area contributed by atoms with E-state index in [1.807, 2.05) is 49.5 Å². The Morgan fingerprint density at radius 3 is 2.48 bits per heavy atom. The van der Waals surface area contributed by atoms with E-state index in [4.69, 9.17) is 9.47 Å². The summed E-state index contributed by atoms with van der Waals surface area (Å²) in [5.74, 6) is 1.97. The third-order valence-corrected chi connectivity index (χ3v) is 2.88. The second-order valence-corrected chi connectivity index (χ2v) is 5.02. The minimum Gasteiger partial charge on any atom is -0.490 e. The maximum absolute atomic E-state index is 5.79. The molecule has 0 aliphatic rings. The van der Waals surface area contributed by atoms with Crippen molar-refractivity contribution in [3.05, 3.63) is 48.2 Å². The Hall–Kier alpha value is -2.07. The Morgan fingerprint density at radius 2 is 1.86 bits per heavy atom. The Balaban J connectivity index is 2.03. The fourth-order valence-corrected chi connectivity index (χ4v) is 1.82. The van der Waals surface area contributed by atoms with Crippen LogP contribution in [-0.2, 0) is 6.54 Å². The van der Waals surface area contributed by atoms with E-state index < -0.39 is 0 Å². The molecule has 1 aromatic heterocycles. The molecule has 0 saturated carbocycles. The molecular weight excluding hydrogens is 264 g/mol. The third-order valence-electron chi connectivity index (χ3n) is 2.88. The molecule has 0 saturated heterocycles. The normalized spacial score (nSPS) is 10.7. The molecule has 0 aliphatic heterocycles. The van der Waals surface area contributed by atoms with E-state index in [0.717, 1.165) is 17.9 Å². The predicted molar refractivity (Wildman–Crippen MR) is 83.9 cm³/mol. The zero-order valence-electron chi connectivity index (χ0n) is 12.8. The molecule has 1 aromatic carbocycles. The molecule has 21 heavy (non-hydrogen) atoms. The van der Waals surface area contributed by atoms with Crippen LogP contribution in [0.1, 0.15) is 26.3 Å². The van der Waals surface area contributed by atoms with E-state index in [9.17, 15) is 0 Å². The number of para-hydroxylation sites is 2. The molecule has 4 heteroatoms. The number of benzene rings is 1. The lowest BCUT2D eigenvalue weighted by atomic mass is 10.2. The summed E-state index contributed by atoms with van der Waals surface area (Å²) in [5.41, 5.74) is 1.13. The summed E-state index contributed by atoms with van der Waals surface area (Å²) in [6, 6.07) is 11.9. The molecule has 0 radical (unpaired) electrons. The van der Waals surface area contributed by atoms with Crippen LogP contribution in [-0.4, -0.2) is 17.6 Å². The standard InChI is InChI=1S/C17H22N2O2/c1-4-20-15-7-5-6-8-16(15)21-17-10-9-14(12-19-17)11-18-13(2)3/h5-10,12-13,18H,4,11H2,1-3H3. The van der Waals surface area contributed by atoms with E-state index in [2.05, 4.69) is 24.1 Å². The molecule has 1 heterocycles. The number of rotatable bonds is 7. The summed E-state index contributed by atoms with van der Waals surface area (Å²) in [6.07, 6.45) is 1.83. The monoisotopic (exact) mass is 286 g/mol. The van der Waals surface area contributed by atoms with Crippen molar-refractivity contribution < 1.29 is 9.47 Å². The van der Waals surface area contributed by atoms with E-state index in [1.54, 1.807) is 0 Å². The van der Waals surface area contributed by atoms with Crippen LogP contribution in [0.15, 0.2) is 42.6 Å². The smallest absolute Gasteiger partial charge is 0.219 e. The minimum absolute atomic E-state index is 0.457. The van der Waals surface area contributed by atoms with Crippen molar-refractivity contribution in [2.45, 2.75) is 33.4 Å². The summed E-state index contributed by atoms with van der Waals surface area (Å²) in [5, 5.41) is 3.36. The number of ether oxygens (including phenoxy) is 2. The van der Waals surface area contributed by atoms with Gasteiger partial charge in [-0.25, -0.2) is 4.98 Å². The number of hydrogen-bond acceptors (Lipinski definition) is 4. The van der Waals surface area contributed by atoms with Crippen LogP contribution < -0.4 is 14.8 Å². The van der Waals surface area contributed by atoms with Gasteiger partial charge in [-0.1, -0.05) is 32.0 Å². The largest absolute Gasteiger partial charge is 0.490 e. The SMILES string of the molecule is CCOc1ccccc1Oc1ccc(CNC(C)C)cn1. The van der Waals surface area contributed by atoms with Crippen LogP contribution in [0.4, 0.5) is 0 Å². The molecule has 0 fully saturated rings. The number of hydrogen-bond donors (Lipinski definition) is 1. The van der Waals surface area contributed by atoms with Crippen molar-refractivity contribution >= 4 is 0 Å². The van der Waals surface area contributed by atoms with Crippen molar-refractivity contribution in [1.82, 2.24) is 10.3 Å². The van der Waals surface area contributed by atoms with Crippen molar-refractivity contribution in [2.24, 2.45) is 0 Å². The summed E-state index contributed by atoms with van der Waals surface area (Å²) < 4.78 is 11.3. The first-order chi connectivity index (χ1) is 10.2. The molecule has 0 bridgehead atoms. The molecule has 0 aliphatic carbocycles. The molecule has 0 atom stereocenters. The van der Waals surface area contributed by atoms with Gasteiger partial charge in [0.25, 0.3) is 0 Å². The van der Waals surface area contributed by atoms with E-state index in [1.165, 1.54) is 0 Å². The highest BCUT2D eigenvalue weighted by Gasteiger charge is 2.06. The first kappa shape index (κ1) is 15.3. The molecule has 4 nitrogen and oxygen atoms in total. The van der Waals surface area contributed by atoms with Crippen LogP contribution in [0.25, 0.3) is 0 Å². The molecule has 0 amide bonds. The average Bonchev–Trinajstić information content (AvgIpc) is 2.49. The van der Waals surface area contributed by atoms with Crippen molar-refractivity contribution in [1.29, 1.82) is 0 Å². The zero-order valence-corrected chi connectivity index (χ0v) is 12.8. The van der Waals surface area contributed by atoms with Gasteiger partial charge >= 0.3 is 0 Å². The highest BCUT2D eigenvalue weighted by molar-refractivity contribution is 5.41. The quantitative estimate of drug-likeness (QED) is 0.841. The Bertz CT molecular complexity index is 553. The van der Waals surface area contributed by atoms with Gasteiger partial charge < -0.3 is 14.8 Å². The van der Waals surface area contributed by atoms with Crippen molar-refractivity contribution in [2.75, 3.05) is 6.61 Å². The maximum atomic E-state index is 5.79. The lowest BCUT2D eigenvalue weighted by Gasteiger charge is -2.11. The maximum Gasteiger partial charge on any atom is 0.219 e. The number of aromatic nitrogens is 1. The topological polar surface area (TPSA) is 43.4 Å². The van der Waals surface area contributed by atoms with Crippen LogP contribution >= 0.6 is 0 Å². The molecular formula is C17H22N2O2. The highest BCUT2D eigenvalue weighted by atomic mass is 16.5. The third kappa shape index (κ3) is 4.76. The van der Waals surface area contributed by atoms with Crippen LogP contribution in [0.2, 0.25) is 0 Å². The lowest BCUT2D eigenvalue weighted by molar-refractivity contribution is 0.319. The fraction of sp³-hybridized carbons (Fsp3) is 0.353. The van der Waals surface area contributed by atoms with E-state index in [-0.39, 0.29) is 0 Å². The molecule has 1 N–H and O–H groups in total. The van der Waals surface area contributed by atoms with Gasteiger partial charge in [0.1, 0.15) is 0 Å². The minimum atomic E-state index is 0.457. The summed E-state index contributed by atoms with van der Waals surface area (Å²) in [6.45, 7) is 7.60. The first-order valence-electron chi connectivity index (χ1n) is 7.27. The van der Waals surface area contributed by atoms with Gasteiger partial charge in [0.05, 0.1) is 6.61 Å². The number of nitrogens with zero attached hydrogens (tertiary/aromatic N) is 1. The van der Waals surface area contributed by atoms with Gasteiger partial charge in [0, 0.05) is 24.8 Å². The van der Waals surface area contributed by atoms with Crippen LogP contribution in [0.5, 0.6) is 17.4 Å². The summed E-state index contributed by atoms with van der Waals surface area (Å²) >= 11 is 0. The highest BCUT2D eigenvalue weighted by Crippen LogP contribution is 2.30. The Labute approximate surface area is 126 Å². The molecule has 2 rings (SSSR count). The predicted octanol–water partition coefficient (Wildman–Crippen LogP) is 3.77. The molecule has 2 aromatic rings. The van der Waals surface area contributed by atoms with Crippen LogP contribution in [0, 0.1) is 0 Å². The van der Waals surface area contributed by atoms with Gasteiger partial charge in [0.15, 0.2) is 11.5 Å².